The molecule has 138 valence electrons. The van der Waals surface area contributed by atoms with E-state index in [4.69, 9.17) is 0 Å². The Labute approximate surface area is 151 Å². The van der Waals surface area contributed by atoms with Gasteiger partial charge in [0.15, 0.2) is 0 Å². The molecule has 3 rings (SSSR count). The van der Waals surface area contributed by atoms with Crippen LogP contribution in [0.25, 0.3) is 0 Å². The van der Waals surface area contributed by atoms with Gasteiger partial charge in [0.1, 0.15) is 0 Å². The number of amides is 2. The van der Waals surface area contributed by atoms with Crippen molar-refractivity contribution < 1.29 is 9.59 Å². The third-order valence-electron chi connectivity index (χ3n) is 5.94. The molecule has 4 nitrogen and oxygen atoms in total. The SMILES string of the molecule is CCCC1CN(C(=O)C2CC=CCC2)CCN1C(=O)C1CC=CCC1. The van der Waals surface area contributed by atoms with Gasteiger partial charge in [-0.05, 0) is 44.9 Å². The Kier molecular flexibility index (Phi) is 6.33. The van der Waals surface area contributed by atoms with E-state index in [1.54, 1.807) is 0 Å². The lowest BCUT2D eigenvalue weighted by atomic mass is 9.90. The summed E-state index contributed by atoms with van der Waals surface area (Å²) in [6.07, 6.45) is 16.4. The highest BCUT2D eigenvalue weighted by Crippen LogP contribution is 2.26. The third kappa shape index (κ3) is 4.34. The Balaban J connectivity index is 1.63. The average Bonchev–Trinajstić information content (AvgIpc) is 2.68. The van der Waals surface area contributed by atoms with Crippen LogP contribution >= 0.6 is 0 Å². The largest absolute Gasteiger partial charge is 0.339 e. The van der Waals surface area contributed by atoms with Gasteiger partial charge in [0.2, 0.25) is 11.8 Å². The van der Waals surface area contributed by atoms with Crippen LogP contribution in [0.1, 0.15) is 58.3 Å². The highest BCUT2D eigenvalue weighted by atomic mass is 16.2. The van der Waals surface area contributed by atoms with Crippen LogP contribution in [0.15, 0.2) is 24.3 Å². The molecular formula is C21H32N2O2. The fraction of sp³-hybridized carbons (Fsp3) is 0.714. The molecule has 0 spiro atoms. The van der Waals surface area contributed by atoms with Crippen LogP contribution in [0.4, 0.5) is 0 Å². The first-order chi connectivity index (χ1) is 12.2. The average molecular weight is 344 g/mol. The summed E-state index contributed by atoms with van der Waals surface area (Å²) in [5.74, 6) is 0.918. The summed E-state index contributed by atoms with van der Waals surface area (Å²) < 4.78 is 0. The van der Waals surface area contributed by atoms with E-state index in [9.17, 15) is 9.59 Å². The van der Waals surface area contributed by atoms with Crippen LogP contribution in [0, 0.1) is 11.8 Å². The third-order valence-corrected chi connectivity index (χ3v) is 5.94. The van der Waals surface area contributed by atoms with Gasteiger partial charge in [-0.3, -0.25) is 9.59 Å². The Bertz CT molecular complexity index is 540. The lowest BCUT2D eigenvalue weighted by Gasteiger charge is -2.44. The molecule has 0 aromatic carbocycles. The van der Waals surface area contributed by atoms with Gasteiger partial charge in [-0.15, -0.1) is 0 Å². The van der Waals surface area contributed by atoms with Gasteiger partial charge in [-0.25, -0.2) is 0 Å². The van der Waals surface area contributed by atoms with E-state index in [2.05, 4.69) is 36.1 Å². The van der Waals surface area contributed by atoms with Crippen LogP contribution in [0.2, 0.25) is 0 Å². The van der Waals surface area contributed by atoms with Crippen molar-refractivity contribution in [1.29, 1.82) is 0 Å². The lowest BCUT2D eigenvalue weighted by molar-refractivity contribution is -0.148. The van der Waals surface area contributed by atoms with E-state index in [-0.39, 0.29) is 17.9 Å². The van der Waals surface area contributed by atoms with E-state index >= 15 is 0 Å². The van der Waals surface area contributed by atoms with Crippen molar-refractivity contribution in [2.75, 3.05) is 19.6 Å². The highest BCUT2D eigenvalue weighted by molar-refractivity contribution is 5.81. The molecule has 0 radical (unpaired) electrons. The molecule has 1 heterocycles. The highest BCUT2D eigenvalue weighted by Gasteiger charge is 2.36. The topological polar surface area (TPSA) is 40.6 Å². The quantitative estimate of drug-likeness (QED) is 0.732. The molecule has 1 aliphatic heterocycles. The fourth-order valence-corrected chi connectivity index (χ4v) is 4.45. The van der Waals surface area contributed by atoms with Gasteiger partial charge >= 0.3 is 0 Å². The molecule has 1 saturated heterocycles. The van der Waals surface area contributed by atoms with Crippen molar-refractivity contribution in [1.82, 2.24) is 9.80 Å². The van der Waals surface area contributed by atoms with Crippen molar-refractivity contribution in [3.63, 3.8) is 0 Å². The van der Waals surface area contributed by atoms with Crippen molar-refractivity contribution >= 4 is 11.8 Å². The van der Waals surface area contributed by atoms with E-state index < -0.39 is 0 Å². The summed E-state index contributed by atoms with van der Waals surface area (Å²) in [7, 11) is 0. The molecular weight excluding hydrogens is 312 g/mol. The molecule has 1 fully saturated rings. The minimum Gasteiger partial charge on any atom is -0.339 e. The van der Waals surface area contributed by atoms with E-state index in [0.717, 1.165) is 57.9 Å². The summed E-state index contributed by atoms with van der Waals surface area (Å²) in [6.45, 7) is 4.30. The molecule has 3 unspecified atom stereocenters. The van der Waals surface area contributed by atoms with Crippen LogP contribution < -0.4 is 0 Å². The van der Waals surface area contributed by atoms with Gasteiger partial charge in [-0.1, -0.05) is 37.6 Å². The number of rotatable bonds is 4. The first-order valence-electron chi connectivity index (χ1n) is 10.1. The predicted octanol–water partition coefficient (Wildman–Crippen LogP) is 3.54. The van der Waals surface area contributed by atoms with Crippen molar-refractivity contribution in [2.24, 2.45) is 11.8 Å². The number of hydrogen-bond donors (Lipinski definition) is 0. The van der Waals surface area contributed by atoms with Gasteiger partial charge < -0.3 is 9.80 Å². The second kappa shape index (κ2) is 8.68. The monoisotopic (exact) mass is 344 g/mol. The maximum absolute atomic E-state index is 13.0. The predicted molar refractivity (Wildman–Crippen MR) is 100.0 cm³/mol. The van der Waals surface area contributed by atoms with Crippen LogP contribution in [-0.4, -0.2) is 47.3 Å². The number of allylic oxidation sites excluding steroid dienone is 4. The zero-order chi connectivity index (χ0) is 17.6. The first kappa shape index (κ1) is 18.2. The standard InChI is InChI=1S/C21H32N2O2/c1-2-9-19-16-22(20(24)17-10-5-3-6-11-17)14-15-23(19)21(25)18-12-7-4-8-13-18/h3-5,7,17-19H,2,6,8-16H2,1H3. The molecule has 0 saturated carbocycles. The minimum atomic E-state index is 0.148. The van der Waals surface area contributed by atoms with Crippen molar-refractivity contribution in [3.05, 3.63) is 24.3 Å². The molecule has 3 aliphatic rings. The zero-order valence-electron chi connectivity index (χ0n) is 15.5. The van der Waals surface area contributed by atoms with Crippen molar-refractivity contribution in [3.8, 4) is 0 Å². The van der Waals surface area contributed by atoms with Gasteiger partial charge in [0, 0.05) is 37.5 Å². The molecule has 3 atom stereocenters. The van der Waals surface area contributed by atoms with E-state index in [0.29, 0.717) is 24.9 Å². The Hall–Kier alpha value is -1.58. The van der Waals surface area contributed by atoms with Crippen LogP contribution in [0.5, 0.6) is 0 Å². The Morgan fingerprint density at radius 1 is 0.920 bits per heavy atom. The smallest absolute Gasteiger partial charge is 0.226 e. The van der Waals surface area contributed by atoms with E-state index in [1.807, 2.05) is 4.90 Å². The first-order valence-corrected chi connectivity index (χ1v) is 10.1. The molecule has 0 bridgehead atoms. The van der Waals surface area contributed by atoms with Gasteiger partial charge in [-0.2, -0.15) is 0 Å². The molecule has 25 heavy (non-hydrogen) atoms. The number of carbonyl (C=O) groups excluding carboxylic acids is 2. The summed E-state index contributed by atoms with van der Waals surface area (Å²) in [5.41, 5.74) is 0. The minimum absolute atomic E-state index is 0.148. The summed E-state index contributed by atoms with van der Waals surface area (Å²) >= 11 is 0. The van der Waals surface area contributed by atoms with Crippen molar-refractivity contribution in [2.45, 2.75) is 64.3 Å². The lowest BCUT2D eigenvalue weighted by Crippen LogP contribution is -2.58. The summed E-state index contributed by atoms with van der Waals surface area (Å²) in [5, 5.41) is 0. The van der Waals surface area contributed by atoms with Crippen LogP contribution in [-0.2, 0) is 9.59 Å². The Morgan fingerprint density at radius 2 is 1.56 bits per heavy atom. The van der Waals surface area contributed by atoms with E-state index in [1.165, 1.54) is 0 Å². The normalized spacial score (nSPS) is 29.7. The zero-order valence-corrected chi connectivity index (χ0v) is 15.5. The number of piperazine rings is 1. The second-order valence-corrected chi connectivity index (χ2v) is 7.72. The van der Waals surface area contributed by atoms with Crippen LogP contribution in [0.3, 0.4) is 0 Å². The fourth-order valence-electron chi connectivity index (χ4n) is 4.45. The molecule has 2 amide bonds. The number of nitrogens with zero attached hydrogens (tertiary/aromatic N) is 2. The molecule has 0 N–H and O–H groups in total. The summed E-state index contributed by atoms with van der Waals surface area (Å²) in [6, 6.07) is 0.195. The number of carbonyl (C=O) groups is 2. The molecule has 0 aromatic heterocycles. The Morgan fingerprint density at radius 3 is 2.12 bits per heavy atom. The van der Waals surface area contributed by atoms with Gasteiger partial charge in [0.25, 0.3) is 0 Å². The number of hydrogen-bond acceptors (Lipinski definition) is 2. The second-order valence-electron chi connectivity index (χ2n) is 7.72. The van der Waals surface area contributed by atoms with Gasteiger partial charge in [0.05, 0.1) is 0 Å². The maximum atomic E-state index is 13.0. The maximum Gasteiger partial charge on any atom is 0.226 e. The molecule has 4 heteroatoms. The molecule has 2 aliphatic carbocycles. The molecule has 0 aromatic rings. The summed E-state index contributed by atoms with van der Waals surface area (Å²) in [4.78, 5) is 30.0.